The molecule has 3 aromatic carbocycles. The van der Waals surface area contributed by atoms with Crippen molar-refractivity contribution in [3.63, 3.8) is 0 Å². The number of fused-ring (bicyclic) bond motifs is 1. The normalized spacial score (nSPS) is 11.1. The standard InChI is InChI=1S/C30H29N3O4/c1-19(2)37-27-13-11-23(36-18-20-8-6-5-7-9-20)15-25(27)29-32-26-14-21(17-31-30(26)33-29)24-12-10-22(34-3)16-28(24)35-4/h5-17,19H,18H2,1-4H3,(H,31,32,33). The van der Waals surface area contributed by atoms with Gasteiger partial charge >= 0.3 is 0 Å². The molecule has 7 nitrogen and oxygen atoms in total. The number of H-pyrrole nitrogens is 1. The van der Waals surface area contributed by atoms with Crippen LogP contribution in [-0.2, 0) is 6.61 Å². The molecule has 2 aromatic heterocycles. The molecule has 1 N–H and O–H groups in total. The molecule has 5 aromatic rings. The van der Waals surface area contributed by atoms with Gasteiger partial charge < -0.3 is 23.9 Å². The molecule has 0 atom stereocenters. The Kier molecular flexibility index (Phi) is 6.94. The van der Waals surface area contributed by atoms with Gasteiger partial charge in [0.2, 0.25) is 0 Å². The highest BCUT2D eigenvalue weighted by atomic mass is 16.5. The average Bonchev–Trinajstić information content (AvgIpc) is 3.35. The number of imidazole rings is 1. The van der Waals surface area contributed by atoms with Crippen molar-refractivity contribution < 1.29 is 18.9 Å². The minimum absolute atomic E-state index is 0.00600. The highest BCUT2D eigenvalue weighted by Crippen LogP contribution is 2.36. The van der Waals surface area contributed by atoms with Gasteiger partial charge in [0.15, 0.2) is 5.65 Å². The zero-order chi connectivity index (χ0) is 25.8. The van der Waals surface area contributed by atoms with E-state index in [2.05, 4.69) is 9.97 Å². The lowest BCUT2D eigenvalue weighted by molar-refractivity contribution is 0.242. The van der Waals surface area contributed by atoms with Crippen molar-refractivity contribution in [1.29, 1.82) is 0 Å². The number of nitrogens with one attached hydrogen (secondary N) is 1. The third kappa shape index (κ3) is 5.35. The molecule has 0 radical (unpaired) electrons. The van der Waals surface area contributed by atoms with Gasteiger partial charge in [0.05, 0.1) is 25.9 Å². The molecule has 2 heterocycles. The van der Waals surface area contributed by atoms with Crippen LogP contribution in [-0.4, -0.2) is 35.3 Å². The van der Waals surface area contributed by atoms with E-state index < -0.39 is 0 Å². The van der Waals surface area contributed by atoms with Crippen molar-refractivity contribution in [3.05, 3.63) is 84.6 Å². The molecule has 0 aliphatic heterocycles. The Morgan fingerprint density at radius 2 is 1.62 bits per heavy atom. The first-order valence-electron chi connectivity index (χ1n) is 12.1. The summed E-state index contributed by atoms with van der Waals surface area (Å²) in [5.74, 6) is 3.53. The van der Waals surface area contributed by atoms with Crippen molar-refractivity contribution in [2.75, 3.05) is 14.2 Å². The molecule has 0 saturated carbocycles. The van der Waals surface area contributed by atoms with Gasteiger partial charge in [-0.2, -0.15) is 0 Å². The lowest BCUT2D eigenvalue weighted by Crippen LogP contribution is -2.07. The predicted molar refractivity (Wildman–Crippen MR) is 144 cm³/mol. The van der Waals surface area contributed by atoms with E-state index in [1.807, 2.05) is 86.6 Å². The zero-order valence-corrected chi connectivity index (χ0v) is 21.3. The molecule has 0 unspecified atom stereocenters. The van der Waals surface area contributed by atoms with E-state index in [0.29, 0.717) is 23.8 Å². The van der Waals surface area contributed by atoms with E-state index in [-0.39, 0.29) is 6.10 Å². The fourth-order valence-electron chi connectivity index (χ4n) is 4.09. The Bertz CT molecular complexity index is 1510. The maximum absolute atomic E-state index is 6.09. The number of ether oxygens (including phenoxy) is 4. The van der Waals surface area contributed by atoms with Crippen LogP contribution in [0, 0.1) is 0 Å². The minimum Gasteiger partial charge on any atom is -0.497 e. The van der Waals surface area contributed by atoms with E-state index in [9.17, 15) is 0 Å². The third-order valence-electron chi connectivity index (χ3n) is 5.87. The van der Waals surface area contributed by atoms with Crippen molar-refractivity contribution in [2.24, 2.45) is 0 Å². The van der Waals surface area contributed by atoms with Crippen LogP contribution in [0.2, 0.25) is 0 Å². The van der Waals surface area contributed by atoms with Crippen molar-refractivity contribution in [1.82, 2.24) is 15.0 Å². The second-order valence-electron chi connectivity index (χ2n) is 8.84. The first-order valence-corrected chi connectivity index (χ1v) is 12.1. The maximum Gasteiger partial charge on any atom is 0.157 e. The monoisotopic (exact) mass is 495 g/mol. The van der Waals surface area contributed by atoms with Gasteiger partial charge in [-0.05, 0) is 55.8 Å². The molecule has 5 rings (SSSR count). The predicted octanol–water partition coefficient (Wildman–Crippen LogP) is 6.68. The molecule has 0 aliphatic carbocycles. The molecule has 0 fully saturated rings. The molecule has 0 amide bonds. The molecule has 0 bridgehead atoms. The molecule has 188 valence electrons. The number of pyridine rings is 1. The molecule has 0 saturated heterocycles. The Morgan fingerprint density at radius 3 is 2.38 bits per heavy atom. The molecule has 0 spiro atoms. The van der Waals surface area contributed by atoms with Crippen LogP contribution in [0.1, 0.15) is 19.4 Å². The van der Waals surface area contributed by atoms with Crippen LogP contribution in [0.25, 0.3) is 33.7 Å². The quantitative estimate of drug-likeness (QED) is 0.246. The number of aromatic nitrogens is 3. The van der Waals surface area contributed by atoms with Crippen LogP contribution in [0.3, 0.4) is 0 Å². The SMILES string of the molecule is COc1ccc(-c2cnc3[nH]c(-c4cc(OCc5ccccc5)ccc4OC(C)C)nc3c2)c(OC)c1. The number of nitrogens with zero attached hydrogens (tertiary/aromatic N) is 2. The molecule has 0 aliphatic rings. The second-order valence-corrected chi connectivity index (χ2v) is 8.84. The summed E-state index contributed by atoms with van der Waals surface area (Å²) in [4.78, 5) is 12.8. The maximum atomic E-state index is 6.09. The van der Waals surface area contributed by atoms with Crippen LogP contribution >= 0.6 is 0 Å². The van der Waals surface area contributed by atoms with E-state index >= 15 is 0 Å². The number of hydrogen-bond acceptors (Lipinski definition) is 6. The lowest BCUT2D eigenvalue weighted by atomic mass is 10.1. The number of methoxy groups -OCH3 is 2. The summed E-state index contributed by atoms with van der Waals surface area (Å²) in [6, 6.07) is 23.6. The van der Waals surface area contributed by atoms with Gasteiger partial charge in [-0.3, -0.25) is 0 Å². The lowest BCUT2D eigenvalue weighted by Gasteiger charge is -2.15. The van der Waals surface area contributed by atoms with Crippen LogP contribution in [0.15, 0.2) is 79.0 Å². The van der Waals surface area contributed by atoms with Crippen LogP contribution in [0.5, 0.6) is 23.0 Å². The Labute approximate surface area is 216 Å². The Balaban J connectivity index is 1.50. The first-order chi connectivity index (χ1) is 18.0. The van der Waals surface area contributed by atoms with E-state index in [0.717, 1.165) is 45.0 Å². The Morgan fingerprint density at radius 1 is 0.811 bits per heavy atom. The number of aromatic amines is 1. The Hall–Kier alpha value is -4.52. The first kappa shape index (κ1) is 24.2. The summed E-state index contributed by atoms with van der Waals surface area (Å²) in [6.07, 6.45) is 1.81. The van der Waals surface area contributed by atoms with Gasteiger partial charge in [0.25, 0.3) is 0 Å². The fourth-order valence-corrected chi connectivity index (χ4v) is 4.09. The number of hydrogen-bond donors (Lipinski definition) is 1. The number of rotatable bonds is 9. The molecule has 37 heavy (non-hydrogen) atoms. The van der Waals surface area contributed by atoms with Gasteiger partial charge in [0.1, 0.15) is 40.9 Å². The van der Waals surface area contributed by atoms with Crippen LogP contribution < -0.4 is 18.9 Å². The average molecular weight is 496 g/mol. The smallest absolute Gasteiger partial charge is 0.157 e. The van der Waals surface area contributed by atoms with Crippen molar-refractivity contribution in [3.8, 4) is 45.5 Å². The topological polar surface area (TPSA) is 78.5 Å². The van der Waals surface area contributed by atoms with Gasteiger partial charge in [-0.1, -0.05) is 30.3 Å². The summed E-state index contributed by atoms with van der Waals surface area (Å²) < 4.78 is 23.1. The van der Waals surface area contributed by atoms with E-state index in [1.54, 1.807) is 20.4 Å². The second kappa shape index (κ2) is 10.6. The largest absolute Gasteiger partial charge is 0.497 e. The van der Waals surface area contributed by atoms with Gasteiger partial charge in [-0.25, -0.2) is 9.97 Å². The summed E-state index contributed by atoms with van der Waals surface area (Å²) in [5.41, 5.74) is 5.11. The summed E-state index contributed by atoms with van der Waals surface area (Å²) in [5, 5.41) is 0. The number of benzene rings is 3. The summed E-state index contributed by atoms with van der Waals surface area (Å²) in [6.45, 7) is 4.47. The highest BCUT2D eigenvalue weighted by molar-refractivity contribution is 5.83. The van der Waals surface area contributed by atoms with Gasteiger partial charge in [-0.15, -0.1) is 0 Å². The van der Waals surface area contributed by atoms with Crippen molar-refractivity contribution >= 4 is 11.2 Å². The summed E-state index contributed by atoms with van der Waals surface area (Å²) >= 11 is 0. The van der Waals surface area contributed by atoms with E-state index in [4.69, 9.17) is 23.9 Å². The molecular formula is C30H29N3O4. The van der Waals surface area contributed by atoms with Crippen LogP contribution in [0.4, 0.5) is 0 Å². The molecule has 7 heteroatoms. The minimum atomic E-state index is 0.00600. The van der Waals surface area contributed by atoms with Gasteiger partial charge in [0, 0.05) is 23.4 Å². The zero-order valence-electron chi connectivity index (χ0n) is 21.3. The highest BCUT2D eigenvalue weighted by Gasteiger charge is 2.16. The summed E-state index contributed by atoms with van der Waals surface area (Å²) in [7, 11) is 3.27. The van der Waals surface area contributed by atoms with E-state index in [1.165, 1.54) is 0 Å². The van der Waals surface area contributed by atoms with Crippen molar-refractivity contribution in [2.45, 2.75) is 26.6 Å². The molecular weight excluding hydrogens is 466 g/mol. The fraction of sp³-hybridized carbons (Fsp3) is 0.200. The third-order valence-corrected chi connectivity index (χ3v) is 5.87.